The van der Waals surface area contributed by atoms with Gasteiger partial charge in [-0.2, -0.15) is 0 Å². The van der Waals surface area contributed by atoms with Gasteiger partial charge in [0.15, 0.2) is 11.7 Å². The highest BCUT2D eigenvalue weighted by Gasteiger charge is 2.20. The number of carbonyl (C=O) groups is 3. The Labute approximate surface area is 190 Å². The SMILES string of the molecule is O=C(O)C[C@H](CC(=O)CNC(=O)c1cc(O)cc(NC2=NCC(O)CN2)c1)c1ccccc1. The summed E-state index contributed by atoms with van der Waals surface area (Å²) in [6, 6.07) is 13.1. The second kappa shape index (κ2) is 11.1. The number of aliphatic hydroxyl groups excluding tert-OH is 1. The van der Waals surface area contributed by atoms with Crippen LogP contribution in [0.2, 0.25) is 0 Å². The summed E-state index contributed by atoms with van der Waals surface area (Å²) in [6.45, 7) is 0.285. The Bertz CT molecular complexity index is 1040. The Kier molecular flexibility index (Phi) is 7.98. The maximum atomic E-state index is 12.5. The number of hydrogen-bond acceptors (Lipinski definition) is 8. The number of Topliss-reactive ketones (excluding diaryl/α,β-unsaturated/α-hetero) is 1. The van der Waals surface area contributed by atoms with Crippen LogP contribution in [0.3, 0.4) is 0 Å². The molecule has 2 aromatic carbocycles. The molecule has 0 aliphatic carbocycles. The first-order valence-corrected chi connectivity index (χ1v) is 10.4. The van der Waals surface area contributed by atoms with Crippen LogP contribution in [0.5, 0.6) is 5.75 Å². The van der Waals surface area contributed by atoms with Gasteiger partial charge in [-0.1, -0.05) is 30.3 Å². The van der Waals surface area contributed by atoms with E-state index in [1.54, 1.807) is 24.3 Å². The fourth-order valence-corrected chi connectivity index (χ4v) is 3.44. The summed E-state index contributed by atoms with van der Waals surface area (Å²) in [5.41, 5.74) is 1.28. The first-order valence-electron chi connectivity index (χ1n) is 10.4. The highest BCUT2D eigenvalue weighted by atomic mass is 16.4. The number of aromatic hydroxyl groups is 1. The molecule has 0 radical (unpaired) electrons. The minimum atomic E-state index is -1.01. The Hall–Kier alpha value is -3.92. The molecule has 0 aromatic heterocycles. The predicted octanol–water partition coefficient (Wildman–Crippen LogP) is 1.07. The number of amides is 1. The van der Waals surface area contributed by atoms with Gasteiger partial charge in [-0.15, -0.1) is 0 Å². The van der Waals surface area contributed by atoms with Gasteiger partial charge >= 0.3 is 5.97 Å². The van der Waals surface area contributed by atoms with E-state index in [1.807, 2.05) is 6.07 Å². The average molecular weight is 454 g/mol. The molecule has 1 aliphatic heterocycles. The number of phenols is 1. The van der Waals surface area contributed by atoms with Gasteiger partial charge in [-0.25, -0.2) is 0 Å². The Morgan fingerprint density at radius 1 is 1.12 bits per heavy atom. The van der Waals surface area contributed by atoms with E-state index in [0.29, 0.717) is 18.2 Å². The summed E-state index contributed by atoms with van der Waals surface area (Å²) in [4.78, 5) is 40.3. The number of guanidine groups is 1. The first kappa shape index (κ1) is 23.7. The third kappa shape index (κ3) is 7.32. The number of aliphatic hydroxyl groups is 1. The zero-order valence-electron chi connectivity index (χ0n) is 17.8. The van der Waals surface area contributed by atoms with E-state index >= 15 is 0 Å². The smallest absolute Gasteiger partial charge is 0.303 e. The Morgan fingerprint density at radius 3 is 2.55 bits per heavy atom. The van der Waals surface area contributed by atoms with Crippen molar-refractivity contribution < 1.29 is 29.7 Å². The number of nitrogens with one attached hydrogen (secondary N) is 3. The summed E-state index contributed by atoms with van der Waals surface area (Å²) in [5, 5.41) is 37.0. The quantitative estimate of drug-likeness (QED) is 0.328. The van der Waals surface area contributed by atoms with Crippen molar-refractivity contribution in [3.63, 3.8) is 0 Å². The molecule has 10 nitrogen and oxygen atoms in total. The number of carbonyl (C=O) groups excluding carboxylic acids is 2. The molecule has 3 rings (SSSR count). The summed E-state index contributed by atoms with van der Waals surface area (Å²) in [6.07, 6.45) is -0.795. The Morgan fingerprint density at radius 2 is 1.88 bits per heavy atom. The minimum Gasteiger partial charge on any atom is -0.508 e. The van der Waals surface area contributed by atoms with Crippen molar-refractivity contribution in [1.82, 2.24) is 10.6 Å². The third-order valence-electron chi connectivity index (χ3n) is 5.02. The molecule has 1 aliphatic rings. The van der Waals surface area contributed by atoms with Gasteiger partial charge in [-0.05, 0) is 17.7 Å². The topological polar surface area (TPSA) is 160 Å². The minimum absolute atomic E-state index is 0.0270. The zero-order valence-corrected chi connectivity index (χ0v) is 17.8. The van der Waals surface area contributed by atoms with Crippen molar-refractivity contribution in [3.05, 3.63) is 59.7 Å². The first-order chi connectivity index (χ1) is 15.8. The van der Waals surface area contributed by atoms with Gasteiger partial charge < -0.3 is 31.3 Å². The van der Waals surface area contributed by atoms with Crippen LogP contribution >= 0.6 is 0 Å². The monoisotopic (exact) mass is 454 g/mol. The molecule has 0 spiro atoms. The molecule has 6 N–H and O–H groups in total. The van der Waals surface area contributed by atoms with Crippen molar-refractivity contribution >= 4 is 29.3 Å². The molecule has 174 valence electrons. The number of hydrogen-bond donors (Lipinski definition) is 6. The standard InChI is InChI=1S/C23H26N4O6/c28-18-8-16(6-17(10-18)27-23-25-12-20(30)13-26-23)22(33)24-11-19(29)7-15(9-21(31)32)14-4-2-1-3-5-14/h1-6,8,10,15,20,28,30H,7,9,11-13H2,(H,24,33)(H,31,32)(H2,25,26,27)/t15-/m0/s1. The van der Waals surface area contributed by atoms with Crippen LogP contribution in [0.1, 0.15) is 34.7 Å². The molecule has 0 fully saturated rings. The number of anilines is 1. The van der Waals surface area contributed by atoms with Crippen LogP contribution in [-0.4, -0.2) is 64.7 Å². The molecule has 33 heavy (non-hydrogen) atoms. The number of carboxylic acids is 1. The maximum absolute atomic E-state index is 12.5. The summed E-state index contributed by atoms with van der Waals surface area (Å²) in [5.74, 6) is -2.13. The number of aliphatic imine (C=N–C) groups is 1. The van der Waals surface area contributed by atoms with Gasteiger partial charge in [0.1, 0.15) is 5.75 Å². The summed E-state index contributed by atoms with van der Waals surface area (Å²) in [7, 11) is 0. The van der Waals surface area contributed by atoms with Gasteiger partial charge in [0.25, 0.3) is 5.91 Å². The number of benzene rings is 2. The lowest BCUT2D eigenvalue weighted by molar-refractivity contribution is -0.137. The fourth-order valence-electron chi connectivity index (χ4n) is 3.44. The molecule has 2 aromatic rings. The molecule has 1 unspecified atom stereocenters. The number of phenolic OH excluding ortho intramolecular Hbond substituents is 1. The molecular weight excluding hydrogens is 428 g/mol. The number of nitrogens with zero attached hydrogens (tertiary/aromatic N) is 1. The van der Waals surface area contributed by atoms with E-state index in [1.165, 1.54) is 18.2 Å². The molecule has 0 bridgehead atoms. The van der Waals surface area contributed by atoms with Crippen LogP contribution < -0.4 is 16.0 Å². The molecular formula is C23H26N4O6. The van der Waals surface area contributed by atoms with Crippen LogP contribution in [0.25, 0.3) is 0 Å². The molecule has 1 heterocycles. The van der Waals surface area contributed by atoms with Crippen LogP contribution in [-0.2, 0) is 9.59 Å². The fraction of sp³-hybridized carbons (Fsp3) is 0.304. The van der Waals surface area contributed by atoms with E-state index in [9.17, 15) is 29.7 Å². The van der Waals surface area contributed by atoms with Crippen molar-refractivity contribution in [1.29, 1.82) is 0 Å². The number of β-amino-alcohol motifs (C(OH)–C–C–N with tert-alkyl or cyclic N) is 1. The lowest BCUT2D eigenvalue weighted by Gasteiger charge is -2.20. The van der Waals surface area contributed by atoms with E-state index in [-0.39, 0.29) is 43.0 Å². The molecule has 0 saturated heterocycles. The highest BCUT2D eigenvalue weighted by Crippen LogP contribution is 2.24. The lowest BCUT2D eigenvalue weighted by atomic mass is 9.91. The van der Waals surface area contributed by atoms with E-state index < -0.39 is 23.9 Å². The summed E-state index contributed by atoms with van der Waals surface area (Å²) < 4.78 is 0. The van der Waals surface area contributed by atoms with Crippen molar-refractivity contribution in [2.24, 2.45) is 4.99 Å². The molecule has 10 heteroatoms. The van der Waals surface area contributed by atoms with E-state index in [0.717, 1.165) is 5.56 Å². The second-order valence-corrected chi connectivity index (χ2v) is 7.75. The van der Waals surface area contributed by atoms with Crippen LogP contribution in [0.15, 0.2) is 53.5 Å². The van der Waals surface area contributed by atoms with Gasteiger partial charge in [-0.3, -0.25) is 19.4 Å². The van der Waals surface area contributed by atoms with Crippen LogP contribution in [0, 0.1) is 0 Å². The highest BCUT2D eigenvalue weighted by molar-refractivity contribution is 6.00. The molecule has 2 atom stereocenters. The summed E-state index contributed by atoms with van der Waals surface area (Å²) >= 11 is 0. The van der Waals surface area contributed by atoms with Gasteiger partial charge in [0.2, 0.25) is 0 Å². The number of rotatable bonds is 9. The Balaban J connectivity index is 1.59. The molecule has 1 amide bonds. The van der Waals surface area contributed by atoms with E-state index in [2.05, 4.69) is 20.9 Å². The van der Waals surface area contributed by atoms with E-state index in [4.69, 9.17) is 0 Å². The average Bonchev–Trinajstić information content (AvgIpc) is 2.78. The predicted molar refractivity (Wildman–Crippen MR) is 121 cm³/mol. The third-order valence-corrected chi connectivity index (χ3v) is 5.02. The number of ketones is 1. The molecule has 0 saturated carbocycles. The second-order valence-electron chi connectivity index (χ2n) is 7.75. The van der Waals surface area contributed by atoms with Gasteiger partial charge in [0, 0.05) is 36.2 Å². The maximum Gasteiger partial charge on any atom is 0.303 e. The van der Waals surface area contributed by atoms with Crippen molar-refractivity contribution in [2.75, 3.05) is 25.0 Å². The van der Waals surface area contributed by atoms with Crippen molar-refractivity contribution in [2.45, 2.75) is 24.9 Å². The van der Waals surface area contributed by atoms with Crippen LogP contribution in [0.4, 0.5) is 5.69 Å². The zero-order chi connectivity index (χ0) is 23.8. The number of carboxylic acid groups (broad SMARTS) is 1. The lowest BCUT2D eigenvalue weighted by Crippen LogP contribution is -2.42. The largest absolute Gasteiger partial charge is 0.508 e. The van der Waals surface area contributed by atoms with Gasteiger partial charge in [0.05, 0.1) is 25.6 Å². The van der Waals surface area contributed by atoms with Crippen molar-refractivity contribution in [3.8, 4) is 5.75 Å². The normalized spacial score (nSPS) is 16.2. The number of aliphatic carboxylic acids is 1.